The van der Waals surface area contributed by atoms with Crippen molar-refractivity contribution in [3.63, 3.8) is 0 Å². The molecule has 0 saturated carbocycles. The summed E-state index contributed by atoms with van der Waals surface area (Å²) in [6.45, 7) is 0. The highest BCUT2D eigenvalue weighted by atomic mass is 79.9. The van der Waals surface area contributed by atoms with E-state index >= 15 is 0 Å². The minimum absolute atomic E-state index is 0.292. The molecule has 0 spiro atoms. The van der Waals surface area contributed by atoms with Crippen LogP contribution in [0.3, 0.4) is 0 Å². The second-order valence-corrected chi connectivity index (χ2v) is 4.51. The molecule has 0 fully saturated rings. The van der Waals surface area contributed by atoms with Gasteiger partial charge < -0.3 is 5.11 Å². The molecule has 0 heterocycles. The van der Waals surface area contributed by atoms with Crippen LogP contribution in [-0.2, 0) is 4.79 Å². The molecule has 0 radical (unpaired) electrons. The first-order valence-corrected chi connectivity index (χ1v) is 5.42. The molecule has 0 aliphatic carbocycles. The molecule has 0 aliphatic rings. The van der Waals surface area contributed by atoms with Gasteiger partial charge in [0.2, 0.25) is 0 Å². The van der Waals surface area contributed by atoms with Crippen LogP contribution < -0.4 is 0 Å². The summed E-state index contributed by atoms with van der Waals surface area (Å²) < 4.78 is 1.62. The van der Waals surface area contributed by atoms with E-state index in [1.165, 1.54) is 6.08 Å². The smallest absolute Gasteiger partial charge is 0.346 e. The molecule has 1 N–H and O–H groups in total. The summed E-state index contributed by atoms with van der Waals surface area (Å²) in [5.41, 5.74) is 0.357. The molecule has 0 aromatic heterocycles. The fraction of sp³-hybridized carbons (Fsp3) is 0. The van der Waals surface area contributed by atoms with Crippen LogP contribution in [0.15, 0.2) is 32.7 Å². The number of nitrogens with zero attached hydrogens (tertiary/aromatic N) is 1. The molecule has 0 unspecified atom stereocenters. The highest BCUT2D eigenvalue weighted by Gasteiger charge is 2.06. The van der Waals surface area contributed by atoms with Crippen LogP contribution in [0.1, 0.15) is 5.56 Å². The molecule has 0 atom stereocenters. The first kappa shape index (κ1) is 12.0. The average molecular weight is 331 g/mol. The Morgan fingerprint density at radius 1 is 1.33 bits per heavy atom. The van der Waals surface area contributed by atoms with Gasteiger partial charge in [-0.15, -0.1) is 0 Å². The zero-order valence-electron chi connectivity index (χ0n) is 7.37. The topological polar surface area (TPSA) is 61.1 Å². The van der Waals surface area contributed by atoms with E-state index in [4.69, 9.17) is 10.4 Å². The van der Waals surface area contributed by atoms with Gasteiger partial charge in [-0.3, -0.25) is 0 Å². The minimum atomic E-state index is -1.23. The molecule has 3 nitrogen and oxygen atoms in total. The Balaban J connectivity index is 3.18. The van der Waals surface area contributed by atoms with E-state index in [9.17, 15) is 4.79 Å². The number of carboxylic acids is 1. The summed E-state index contributed by atoms with van der Waals surface area (Å²) in [7, 11) is 0. The van der Waals surface area contributed by atoms with Gasteiger partial charge in [-0.2, -0.15) is 5.26 Å². The van der Waals surface area contributed by atoms with Gasteiger partial charge in [0, 0.05) is 8.95 Å². The number of halogens is 2. The molecular weight excluding hydrogens is 326 g/mol. The number of carbonyl (C=O) groups is 1. The first-order chi connectivity index (χ1) is 7.02. The Labute approximate surface area is 103 Å². The van der Waals surface area contributed by atoms with E-state index in [-0.39, 0.29) is 5.57 Å². The van der Waals surface area contributed by atoms with Crippen LogP contribution in [0.25, 0.3) is 6.08 Å². The Kier molecular flexibility index (Phi) is 4.06. The normalized spacial score (nSPS) is 10.9. The lowest BCUT2D eigenvalue weighted by molar-refractivity contribution is -0.132. The van der Waals surface area contributed by atoms with Crippen molar-refractivity contribution >= 4 is 43.9 Å². The van der Waals surface area contributed by atoms with E-state index in [0.717, 1.165) is 8.95 Å². The van der Waals surface area contributed by atoms with E-state index in [1.807, 2.05) is 6.07 Å². The molecule has 0 aliphatic heterocycles. The number of carboxylic acid groups (broad SMARTS) is 1. The Hall–Kier alpha value is -1.12. The van der Waals surface area contributed by atoms with E-state index < -0.39 is 5.97 Å². The monoisotopic (exact) mass is 329 g/mol. The first-order valence-electron chi connectivity index (χ1n) is 3.84. The molecule has 0 amide bonds. The van der Waals surface area contributed by atoms with Gasteiger partial charge in [0.25, 0.3) is 0 Å². The zero-order chi connectivity index (χ0) is 11.4. The molecule has 5 heteroatoms. The van der Waals surface area contributed by atoms with Crippen LogP contribution in [-0.4, -0.2) is 11.1 Å². The Bertz CT molecular complexity index is 455. The molecule has 0 bridgehead atoms. The summed E-state index contributed by atoms with van der Waals surface area (Å²) >= 11 is 6.54. The minimum Gasteiger partial charge on any atom is -0.477 e. The molecule has 1 rings (SSSR count). The van der Waals surface area contributed by atoms with Gasteiger partial charge in [-0.05, 0) is 29.8 Å². The van der Waals surface area contributed by atoms with Crippen LogP contribution in [0.4, 0.5) is 0 Å². The highest BCUT2D eigenvalue weighted by Crippen LogP contribution is 2.21. The van der Waals surface area contributed by atoms with E-state index in [2.05, 4.69) is 31.9 Å². The van der Waals surface area contributed by atoms with Gasteiger partial charge in [0.15, 0.2) is 0 Å². The summed E-state index contributed by atoms with van der Waals surface area (Å²) in [6, 6.07) is 6.90. The summed E-state index contributed by atoms with van der Waals surface area (Å²) in [4.78, 5) is 10.6. The highest BCUT2D eigenvalue weighted by molar-refractivity contribution is 9.11. The van der Waals surface area contributed by atoms with Crippen molar-refractivity contribution in [2.24, 2.45) is 0 Å². The number of hydrogen-bond donors (Lipinski definition) is 1. The summed E-state index contributed by atoms with van der Waals surface area (Å²) in [5.74, 6) is -1.23. The SMILES string of the molecule is N#C/C(=C\c1cc(Br)cc(Br)c1)C(=O)O. The molecule has 1 aromatic rings. The largest absolute Gasteiger partial charge is 0.477 e. The predicted octanol–water partition coefficient (Wildman–Crippen LogP) is 3.20. The lowest BCUT2D eigenvalue weighted by Crippen LogP contribution is -1.97. The van der Waals surface area contributed by atoms with E-state index in [1.54, 1.807) is 18.2 Å². The van der Waals surface area contributed by atoms with Gasteiger partial charge in [0.1, 0.15) is 11.6 Å². The van der Waals surface area contributed by atoms with Gasteiger partial charge >= 0.3 is 5.97 Å². The summed E-state index contributed by atoms with van der Waals surface area (Å²) in [6.07, 6.45) is 1.32. The van der Waals surface area contributed by atoms with Crippen LogP contribution in [0.2, 0.25) is 0 Å². The van der Waals surface area contributed by atoms with Crippen LogP contribution in [0.5, 0.6) is 0 Å². The lowest BCUT2D eigenvalue weighted by Gasteiger charge is -1.98. The second kappa shape index (κ2) is 5.10. The third kappa shape index (κ3) is 3.50. The fourth-order valence-electron chi connectivity index (χ4n) is 0.967. The Morgan fingerprint density at radius 3 is 2.27 bits per heavy atom. The fourth-order valence-corrected chi connectivity index (χ4v) is 2.30. The van der Waals surface area contributed by atoms with E-state index in [0.29, 0.717) is 5.56 Å². The van der Waals surface area contributed by atoms with Crippen molar-refractivity contribution in [2.75, 3.05) is 0 Å². The van der Waals surface area contributed by atoms with Crippen molar-refractivity contribution in [2.45, 2.75) is 0 Å². The number of aliphatic carboxylic acids is 1. The predicted molar refractivity (Wildman–Crippen MR) is 63.1 cm³/mol. The quantitative estimate of drug-likeness (QED) is 0.669. The number of hydrogen-bond acceptors (Lipinski definition) is 2. The van der Waals surface area contributed by atoms with Crippen LogP contribution >= 0.6 is 31.9 Å². The third-order valence-electron chi connectivity index (χ3n) is 1.55. The molecule has 1 aromatic carbocycles. The maximum absolute atomic E-state index is 10.6. The van der Waals surface area contributed by atoms with Crippen molar-refractivity contribution in [3.8, 4) is 6.07 Å². The number of nitriles is 1. The van der Waals surface area contributed by atoms with Crippen LogP contribution in [0, 0.1) is 11.3 Å². The molecule has 15 heavy (non-hydrogen) atoms. The van der Waals surface area contributed by atoms with Gasteiger partial charge in [0.05, 0.1) is 0 Å². The maximum atomic E-state index is 10.6. The van der Waals surface area contributed by atoms with Crippen molar-refractivity contribution in [1.29, 1.82) is 5.26 Å². The third-order valence-corrected chi connectivity index (χ3v) is 2.46. The van der Waals surface area contributed by atoms with Gasteiger partial charge in [-0.1, -0.05) is 31.9 Å². The lowest BCUT2D eigenvalue weighted by atomic mass is 10.1. The Morgan fingerprint density at radius 2 is 1.87 bits per heavy atom. The van der Waals surface area contributed by atoms with Crippen molar-refractivity contribution in [1.82, 2.24) is 0 Å². The molecule has 0 saturated heterocycles. The maximum Gasteiger partial charge on any atom is 0.346 e. The average Bonchev–Trinajstić information content (AvgIpc) is 2.12. The standard InChI is InChI=1S/C10H5Br2NO2/c11-8-2-6(3-9(12)4-8)1-7(5-13)10(14)15/h1-4H,(H,14,15)/b7-1+. The zero-order valence-corrected chi connectivity index (χ0v) is 10.5. The second-order valence-electron chi connectivity index (χ2n) is 2.68. The van der Waals surface area contributed by atoms with Gasteiger partial charge in [-0.25, -0.2) is 4.79 Å². The van der Waals surface area contributed by atoms with Crippen molar-refractivity contribution in [3.05, 3.63) is 38.3 Å². The molecular formula is C10H5Br2NO2. The van der Waals surface area contributed by atoms with Crippen molar-refractivity contribution < 1.29 is 9.90 Å². The molecule has 76 valence electrons. The number of rotatable bonds is 2. The number of benzene rings is 1. The summed E-state index contributed by atoms with van der Waals surface area (Å²) in [5, 5.41) is 17.2.